The van der Waals surface area contributed by atoms with E-state index < -0.39 is 0 Å². The van der Waals surface area contributed by atoms with Gasteiger partial charge in [0.25, 0.3) is 0 Å². The Morgan fingerprint density at radius 3 is 2.57 bits per heavy atom. The Labute approximate surface area is 166 Å². The molecule has 0 radical (unpaired) electrons. The van der Waals surface area contributed by atoms with E-state index in [0.29, 0.717) is 0 Å². The van der Waals surface area contributed by atoms with Crippen LogP contribution in [0.5, 0.6) is 17.2 Å². The van der Waals surface area contributed by atoms with Crippen molar-refractivity contribution in [1.82, 2.24) is 5.32 Å². The van der Waals surface area contributed by atoms with Crippen LogP contribution in [-0.4, -0.2) is 20.4 Å². The first-order chi connectivity index (χ1) is 13.8. The van der Waals surface area contributed by atoms with E-state index in [0.717, 1.165) is 36.8 Å². The van der Waals surface area contributed by atoms with Crippen LogP contribution in [0.3, 0.4) is 0 Å². The second-order valence-electron chi connectivity index (χ2n) is 6.86. The summed E-state index contributed by atoms with van der Waals surface area (Å²) in [5, 5.41) is 3.56. The Kier molecular flexibility index (Phi) is 5.78. The molecule has 3 aromatic carbocycles. The van der Waals surface area contributed by atoms with Gasteiger partial charge in [-0.15, -0.1) is 0 Å². The maximum absolute atomic E-state index is 5.64. The van der Waals surface area contributed by atoms with Crippen molar-refractivity contribution in [3.05, 3.63) is 89.5 Å². The average molecular weight is 375 g/mol. The number of hydrogen-bond acceptors (Lipinski definition) is 4. The summed E-state index contributed by atoms with van der Waals surface area (Å²) in [5.74, 6) is 2.74. The molecule has 1 atom stereocenters. The van der Waals surface area contributed by atoms with Gasteiger partial charge in [0.15, 0.2) is 11.5 Å². The van der Waals surface area contributed by atoms with Gasteiger partial charge in [-0.3, -0.25) is 0 Å². The molecule has 0 unspecified atom stereocenters. The highest BCUT2D eigenvalue weighted by molar-refractivity contribution is 5.49. The molecular weight excluding hydrogens is 350 g/mol. The third-order valence-electron chi connectivity index (χ3n) is 5.10. The van der Waals surface area contributed by atoms with Gasteiger partial charge in [-0.25, -0.2) is 0 Å². The maximum Gasteiger partial charge on any atom is 0.231 e. The SMILES string of the molecule is COc1ccccc1[C@H](CCNCc1ccccc1)c1ccc2c(c1)OCO2. The highest BCUT2D eigenvalue weighted by Gasteiger charge is 2.21. The lowest BCUT2D eigenvalue weighted by atomic mass is 9.87. The molecule has 4 rings (SSSR count). The first kappa shape index (κ1) is 18.4. The van der Waals surface area contributed by atoms with E-state index in [1.165, 1.54) is 16.7 Å². The van der Waals surface area contributed by atoms with Gasteiger partial charge < -0.3 is 19.5 Å². The number of para-hydroxylation sites is 1. The van der Waals surface area contributed by atoms with E-state index in [9.17, 15) is 0 Å². The quantitative estimate of drug-likeness (QED) is 0.578. The van der Waals surface area contributed by atoms with Gasteiger partial charge >= 0.3 is 0 Å². The molecule has 4 nitrogen and oxygen atoms in total. The first-order valence-corrected chi connectivity index (χ1v) is 9.62. The third kappa shape index (κ3) is 4.12. The molecule has 1 aliphatic heterocycles. The van der Waals surface area contributed by atoms with Crippen LogP contribution in [0.25, 0.3) is 0 Å². The van der Waals surface area contributed by atoms with Crippen LogP contribution in [0.15, 0.2) is 72.8 Å². The fourth-order valence-electron chi connectivity index (χ4n) is 3.66. The van der Waals surface area contributed by atoms with Crippen LogP contribution >= 0.6 is 0 Å². The molecule has 0 amide bonds. The molecule has 0 bridgehead atoms. The van der Waals surface area contributed by atoms with Crippen molar-refractivity contribution in [2.24, 2.45) is 0 Å². The molecule has 1 heterocycles. The molecule has 4 heteroatoms. The highest BCUT2D eigenvalue weighted by Crippen LogP contribution is 2.39. The minimum Gasteiger partial charge on any atom is -0.496 e. The molecule has 1 aliphatic rings. The standard InChI is InChI=1S/C24H25NO3/c1-26-22-10-6-5-9-21(22)20(13-14-25-16-18-7-3-2-4-8-18)19-11-12-23-24(15-19)28-17-27-23/h2-12,15,20,25H,13-14,16-17H2,1H3/t20-/m1/s1. The lowest BCUT2D eigenvalue weighted by Crippen LogP contribution is -2.18. The van der Waals surface area contributed by atoms with Gasteiger partial charge in [0, 0.05) is 18.0 Å². The highest BCUT2D eigenvalue weighted by atomic mass is 16.7. The van der Waals surface area contributed by atoms with Crippen LogP contribution in [0, 0.1) is 0 Å². The van der Waals surface area contributed by atoms with Crippen molar-refractivity contribution in [2.45, 2.75) is 18.9 Å². The second kappa shape index (κ2) is 8.81. The smallest absolute Gasteiger partial charge is 0.231 e. The summed E-state index contributed by atoms with van der Waals surface area (Å²) in [4.78, 5) is 0. The Bertz CT molecular complexity index is 911. The lowest BCUT2D eigenvalue weighted by Gasteiger charge is -2.21. The minimum atomic E-state index is 0.203. The topological polar surface area (TPSA) is 39.7 Å². The summed E-state index contributed by atoms with van der Waals surface area (Å²) in [6.45, 7) is 2.05. The van der Waals surface area contributed by atoms with E-state index in [4.69, 9.17) is 14.2 Å². The largest absolute Gasteiger partial charge is 0.496 e. The molecule has 144 valence electrons. The van der Waals surface area contributed by atoms with Gasteiger partial charge in [-0.05, 0) is 42.3 Å². The van der Waals surface area contributed by atoms with Crippen molar-refractivity contribution in [3.63, 3.8) is 0 Å². The zero-order chi connectivity index (χ0) is 19.2. The zero-order valence-electron chi connectivity index (χ0n) is 16.1. The Morgan fingerprint density at radius 2 is 1.71 bits per heavy atom. The zero-order valence-corrected chi connectivity index (χ0v) is 16.1. The second-order valence-corrected chi connectivity index (χ2v) is 6.86. The minimum absolute atomic E-state index is 0.203. The van der Waals surface area contributed by atoms with Crippen LogP contribution in [0.4, 0.5) is 0 Å². The number of nitrogens with one attached hydrogen (secondary N) is 1. The van der Waals surface area contributed by atoms with Crippen molar-refractivity contribution in [3.8, 4) is 17.2 Å². The Hall–Kier alpha value is -2.98. The fourth-order valence-corrected chi connectivity index (χ4v) is 3.66. The molecule has 0 spiro atoms. The van der Waals surface area contributed by atoms with E-state index >= 15 is 0 Å². The summed E-state index contributed by atoms with van der Waals surface area (Å²) in [7, 11) is 1.73. The van der Waals surface area contributed by atoms with Crippen LogP contribution in [-0.2, 0) is 6.54 Å². The molecule has 0 aromatic heterocycles. The monoisotopic (exact) mass is 375 g/mol. The summed E-state index contributed by atoms with van der Waals surface area (Å²) >= 11 is 0. The van der Waals surface area contributed by atoms with E-state index in [2.05, 4.69) is 53.8 Å². The van der Waals surface area contributed by atoms with Crippen molar-refractivity contribution >= 4 is 0 Å². The van der Waals surface area contributed by atoms with Crippen LogP contribution in [0.1, 0.15) is 29.0 Å². The summed E-state index contributed by atoms with van der Waals surface area (Å²) in [6, 6.07) is 24.9. The Morgan fingerprint density at radius 1 is 0.929 bits per heavy atom. The molecule has 0 aliphatic carbocycles. The number of fused-ring (bicyclic) bond motifs is 1. The van der Waals surface area contributed by atoms with E-state index in [1.54, 1.807) is 7.11 Å². The summed E-state index contributed by atoms with van der Waals surface area (Å²) < 4.78 is 16.7. The molecule has 28 heavy (non-hydrogen) atoms. The van der Waals surface area contributed by atoms with Gasteiger partial charge in [-0.1, -0.05) is 54.6 Å². The molecular formula is C24H25NO3. The van der Waals surface area contributed by atoms with Crippen molar-refractivity contribution in [2.75, 3.05) is 20.4 Å². The molecule has 0 saturated heterocycles. The van der Waals surface area contributed by atoms with Crippen LogP contribution < -0.4 is 19.5 Å². The lowest BCUT2D eigenvalue weighted by molar-refractivity contribution is 0.174. The third-order valence-corrected chi connectivity index (χ3v) is 5.10. The van der Waals surface area contributed by atoms with Crippen molar-refractivity contribution in [1.29, 1.82) is 0 Å². The first-order valence-electron chi connectivity index (χ1n) is 9.62. The predicted molar refractivity (Wildman–Crippen MR) is 110 cm³/mol. The molecule has 1 N–H and O–H groups in total. The summed E-state index contributed by atoms with van der Waals surface area (Å²) in [5.41, 5.74) is 3.68. The average Bonchev–Trinajstić information content (AvgIpc) is 3.22. The van der Waals surface area contributed by atoms with Gasteiger partial charge in [0.1, 0.15) is 5.75 Å². The number of hydrogen-bond donors (Lipinski definition) is 1. The number of rotatable bonds is 8. The molecule has 3 aromatic rings. The van der Waals surface area contributed by atoms with E-state index in [-0.39, 0.29) is 12.7 Å². The van der Waals surface area contributed by atoms with E-state index in [1.807, 2.05) is 24.3 Å². The number of methoxy groups -OCH3 is 1. The molecule has 0 fully saturated rings. The van der Waals surface area contributed by atoms with Crippen molar-refractivity contribution < 1.29 is 14.2 Å². The summed E-state index contributed by atoms with van der Waals surface area (Å²) in [6.07, 6.45) is 0.951. The number of benzene rings is 3. The maximum atomic E-state index is 5.64. The Balaban J connectivity index is 1.53. The fraction of sp³-hybridized carbons (Fsp3) is 0.250. The van der Waals surface area contributed by atoms with Gasteiger partial charge in [-0.2, -0.15) is 0 Å². The number of ether oxygens (including phenoxy) is 3. The van der Waals surface area contributed by atoms with Crippen LogP contribution in [0.2, 0.25) is 0 Å². The predicted octanol–water partition coefficient (Wildman–Crippen LogP) is 4.74. The van der Waals surface area contributed by atoms with Gasteiger partial charge in [0.2, 0.25) is 6.79 Å². The molecule has 0 saturated carbocycles. The van der Waals surface area contributed by atoms with Gasteiger partial charge in [0.05, 0.1) is 7.11 Å². The normalized spacial score (nSPS) is 13.3.